The summed E-state index contributed by atoms with van der Waals surface area (Å²) >= 11 is 1.77. The Bertz CT molecular complexity index is 549. The largest absolute Gasteiger partial charge is 0.481 e. The molecule has 0 bridgehead atoms. The number of nitrogens with one attached hydrogen (secondary N) is 1. The number of pyridine rings is 1. The zero-order valence-corrected chi connectivity index (χ0v) is 13.3. The predicted octanol–water partition coefficient (Wildman–Crippen LogP) is 2.94. The zero-order chi connectivity index (χ0) is 14.5. The van der Waals surface area contributed by atoms with Crippen LogP contribution in [-0.4, -0.2) is 23.1 Å². The number of methoxy groups -OCH3 is 1. The summed E-state index contributed by atoms with van der Waals surface area (Å²) in [5.41, 5.74) is 2.28. The van der Waals surface area contributed by atoms with Crippen LogP contribution in [0, 0.1) is 6.92 Å². The molecule has 0 aliphatic carbocycles. The van der Waals surface area contributed by atoms with Gasteiger partial charge in [0.15, 0.2) is 0 Å². The minimum atomic E-state index is 0.491. The van der Waals surface area contributed by atoms with Crippen LogP contribution in [-0.2, 0) is 13.0 Å². The number of ether oxygens (including phenoxy) is 1. The molecule has 0 fully saturated rings. The molecule has 0 amide bonds. The Morgan fingerprint density at radius 3 is 2.75 bits per heavy atom. The summed E-state index contributed by atoms with van der Waals surface area (Å²) < 4.78 is 5.06. The van der Waals surface area contributed by atoms with Gasteiger partial charge < -0.3 is 10.1 Å². The van der Waals surface area contributed by atoms with Crippen molar-refractivity contribution in [3.63, 3.8) is 0 Å². The maximum absolute atomic E-state index is 5.06. The number of aromatic nitrogens is 2. The van der Waals surface area contributed by atoms with Crippen molar-refractivity contribution in [2.45, 2.75) is 39.8 Å². The molecule has 0 aliphatic heterocycles. The van der Waals surface area contributed by atoms with Crippen molar-refractivity contribution in [1.29, 1.82) is 0 Å². The predicted molar refractivity (Wildman–Crippen MR) is 82.4 cm³/mol. The Kier molecular flexibility index (Phi) is 5.09. The molecule has 0 radical (unpaired) electrons. The van der Waals surface area contributed by atoms with Crippen LogP contribution in [0.1, 0.15) is 35.0 Å². The molecule has 0 saturated heterocycles. The van der Waals surface area contributed by atoms with E-state index in [-0.39, 0.29) is 0 Å². The Labute approximate surface area is 124 Å². The second-order valence-corrected chi connectivity index (χ2v) is 6.21. The first-order chi connectivity index (χ1) is 9.58. The van der Waals surface area contributed by atoms with E-state index < -0.39 is 0 Å². The van der Waals surface area contributed by atoms with Crippen LogP contribution in [0.3, 0.4) is 0 Å². The first-order valence-corrected chi connectivity index (χ1v) is 7.57. The summed E-state index contributed by atoms with van der Waals surface area (Å²) in [5.74, 6) is 0.644. The Morgan fingerprint density at radius 2 is 2.15 bits per heavy atom. The molecule has 0 unspecified atom stereocenters. The van der Waals surface area contributed by atoms with Crippen molar-refractivity contribution >= 4 is 11.3 Å². The summed E-state index contributed by atoms with van der Waals surface area (Å²) in [5, 5.41) is 4.57. The van der Waals surface area contributed by atoms with E-state index in [0.717, 1.165) is 29.2 Å². The molecule has 1 N–H and O–H groups in total. The summed E-state index contributed by atoms with van der Waals surface area (Å²) in [4.78, 5) is 10.2. The summed E-state index contributed by atoms with van der Waals surface area (Å²) in [6.07, 6.45) is 2.67. The van der Waals surface area contributed by atoms with Gasteiger partial charge in [0.05, 0.1) is 17.8 Å². The molecule has 5 heteroatoms. The minimum Gasteiger partial charge on any atom is -0.481 e. The van der Waals surface area contributed by atoms with Gasteiger partial charge in [-0.1, -0.05) is 19.9 Å². The van der Waals surface area contributed by atoms with Crippen LogP contribution in [0.2, 0.25) is 0 Å². The van der Waals surface area contributed by atoms with Gasteiger partial charge in [0, 0.05) is 36.1 Å². The molecule has 2 aromatic rings. The molecule has 0 aliphatic rings. The van der Waals surface area contributed by atoms with Crippen molar-refractivity contribution in [2.75, 3.05) is 7.11 Å². The van der Waals surface area contributed by atoms with Gasteiger partial charge in [0.2, 0.25) is 5.88 Å². The van der Waals surface area contributed by atoms with Gasteiger partial charge in [-0.05, 0) is 12.5 Å². The monoisotopic (exact) mass is 291 g/mol. The lowest BCUT2D eigenvalue weighted by atomic mass is 10.2. The van der Waals surface area contributed by atoms with Crippen molar-refractivity contribution in [1.82, 2.24) is 15.3 Å². The van der Waals surface area contributed by atoms with Crippen LogP contribution in [0.25, 0.3) is 0 Å². The smallest absolute Gasteiger partial charge is 0.212 e. The molecule has 20 heavy (non-hydrogen) atoms. The highest BCUT2D eigenvalue weighted by atomic mass is 32.1. The number of hydrogen-bond donors (Lipinski definition) is 1. The fraction of sp³-hybridized carbons (Fsp3) is 0.467. The number of aryl methyl sites for hydroxylation is 1. The first-order valence-electron chi connectivity index (χ1n) is 6.76. The molecule has 2 heterocycles. The average molecular weight is 291 g/mol. The standard InChI is InChI=1S/C15H21N3OS/c1-10(2)16-9-13-11(3)18-15(20-13)7-12-5-6-14(19-4)17-8-12/h5-6,8,10,16H,7,9H2,1-4H3. The number of nitrogens with zero attached hydrogens (tertiary/aromatic N) is 2. The maximum atomic E-state index is 5.06. The first kappa shape index (κ1) is 14.9. The molecule has 108 valence electrons. The second-order valence-electron chi connectivity index (χ2n) is 5.04. The maximum Gasteiger partial charge on any atom is 0.212 e. The highest BCUT2D eigenvalue weighted by molar-refractivity contribution is 7.11. The molecule has 0 atom stereocenters. The van der Waals surface area contributed by atoms with Crippen molar-refractivity contribution in [2.24, 2.45) is 0 Å². The quantitative estimate of drug-likeness (QED) is 0.889. The molecular weight excluding hydrogens is 270 g/mol. The highest BCUT2D eigenvalue weighted by Gasteiger charge is 2.09. The van der Waals surface area contributed by atoms with Crippen molar-refractivity contribution < 1.29 is 4.74 Å². The van der Waals surface area contributed by atoms with E-state index in [0.29, 0.717) is 11.9 Å². The minimum absolute atomic E-state index is 0.491. The lowest BCUT2D eigenvalue weighted by Crippen LogP contribution is -2.21. The lowest BCUT2D eigenvalue weighted by molar-refractivity contribution is 0.397. The van der Waals surface area contributed by atoms with E-state index in [9.17, 15) is 0 Å². The highest BCUT2D eigenvalue weighted by Crippen LogP contribution is 2.21. The van der Waals surface area contributed by atoms with Crippen LogP contribution >= 0.6 is 11.3 Å². The van der Waals surface area contributed by atoms with Gasteiger partial charge in [0.25, 0.3) is 0 Å². The third-order valence-electron chi connectivity index (χ3n) is 2.97. The van der Waals surface area contributed by atoms with E-state index in [4.69, 9.17) is 4.74 Å². The lowest BCUT2D eigenvalue weighted by Gasteiger charge is -2.05. The van der Waals surface area contributed by atoms with Crippen molar-refractivity contribution in [3.8, 4) is 5.88 Å². The molecule has 4 nitrogen and oxygen atoms in total. The van der Waals surface area contributed by atoms with Crippen LogP contribution < -0.4 is 10.1 Å². The molecule has 2 rings (SSSR count). The molecule has 0 spiro atoms. The fourth-order valence-corrected chi connectivity index (χ4v) is 2.89. The molecular formula is C15H21N3OS. The van der Waals surface area contributed by atoms with Gasteiger partial charge >= 0.3 is 0 Å². The summed E-state index contributed by atoms with van der Waals surface area (Å²) in [7, 11) is 1.63. The van der Waals surface area contributed by atoms with Gasteiger partial charge in [-0.25, -0.2) is 9.97 Å². The molecule has 0 saturated carbocycles. The van der Waals surface area contributed by atoms with Crippen LogP contribution in [0.5, 0.6) is 5.88 Å². The Morgan fingerprint density at radius 1 is 1.35 bits per heavy atom. The van der Waals surface area contributed by atoms with E-state index in [2.05, 4.69) is 36.1 Å². The van der Waals surface area contributed by atoms with Crippen LogP contribution in [0.4, 0.5) is 0 Å². The fourth-order valence-electron chi connectivity index (χ4n) is 1.84. The van der Waals surface area contributed by atoms with E-state index in [1.807, 2.05) is 18.3 Å². The van der Waals surface area contributed by atoms with Crippen LogP contribution in [0.15, 0.2) is 18.3 Å². The van der Waals surface area contributed by atoms with Gasteiger partial charge in [-0.15, -0.1) is 11.3 Å². The number of thiazole rings is 1. The van der Waals surface area contributed by atoms with E-state index in [1.54, 1.807) is 18.4 Å². The second kappa shape index (κ2) is 6.81. The van der Waals surface area contributed by atoms with Crippen molar-refractivity contribution in [3.05, 3.63) is 39.5 Å². The molecule has 2 aromatic heterocycles. The zero-order valence-electron chi connectivity index (χ0n) is 12.4. The average Bonchev–Trinajstić information content (AvgIpc) is 2.77. The third kappa shape index (κ3) is 4.02. The molecule has 0 aromatic carbocycles. The number of hydrogen-bond acceptors (Lipinski definition) is 5. The topological polar surface area (TPSA) is 47.0 Å². The van der Waals surface area contributed by atoms with Gasteiger partial charge in [0.1, 0.15) is 0 Å². The van der Waals surface area contributed by atoms with E-state index >= 15 is 0 Å². The Balaban J connectivity index is 2.03. The van der Waals surface area contributed by atoms with Gasteiger partial charge in [-0.3, -0.25) is 0 Å². The van der Waals surface area contributed by atoms with E-state index in [1.165, 1.54) is 4.88 Å². The number of rotatable bonds is 6. The summed E-state index contributed by atoms with van der Waals surface area (Å²) in [6, 6.07) is 4.41. The van der Waals surface area contributed by atoms with Gasteiger partial charge in [-0.2, -0.15) is 0 Å². The summed E-state index contributed by atoms with van der Waals surface area (Å²) in [6.45, 7) is 7.27. The normalized spacial score (nSPS) is 11.1. The Hall–Kier alpha value is -1.46. The SMILES string of the molecule is COc1ccc(Cc2nc(C)c(CNC(C)C)s2)cn1. The third-order valence-corrected chi connectivity index (χ3v) is 4.13.